The molecule has 0 aromatic heterocycles. The van der Waals surface area contributed by atoms with E-state index >= 15 is 0 Å². The van der Waals surface area contributed by atoms with Crippen molar-refractivity contribution < 1.29 is 23.7 Å². The first-order valence-corrected chi connectivity index (χ1v) is 8.40. The first-order valence-electron chi connectivity index (χ1n) is 7.32. The zero-order chi connectivity index (χ0) is 15.6. The molecule has 0 amide bonds. The highest BCUT2D eigenvalue weighted by Crippen LogP contribution is 2.17. The molecule has 0 unspecified atom stereocenters. The van der Waals surface area contributed by atoms with E-state index < -0.39 is 3.42 Å². The first-order chi connectivity index (χ1) is 10.00. The standard InChI is InChI=1S/C14H26INO5/c1-14(2,15)13(17)21-12-11-20-10-9-19-8-5-16-3-6-18-7-4-16/h3-12H2,1-2H3. The molecule has 7 heteroatoms. The van der Waals surface area contributed by atoms with E-state index in [1.807, 2.05) is 13.8 Å². The van der Waals surface area contributed by atoms with Gasteiger partial charge in [0.15, 0.2) is 0 Å². The zero-order valence-corrected chi connectivity index (χ0v) is 15.1. The minimum atomic E-state index is -0.486. The van der Waals surface area contributed by atoms with E-state index in [1.165, 1.54) is 0 Å². The van der Waals surface area contributed by atoms with Crippen LogP contribution in [0.1, 0.15) is 13.8 Å². The van der Waals surface area contributed by atoms with Crippen LogP contribution >= 0.6 is 22.6 Å². The van der Waals surface area contributed by atoms with E-state index in [2.05, 4.69) is 27.5 Å². The van der Waals surface area contributed by atoms with E-state index in [-0.39, 0.29) is 5.97 Å². The maximum absolute atomic E-state index is 11.5. The van der Waals surface area contributed by atoms with Crippen LogP contribution < -0.4 is 0 Å². The molecule has 21 heavy (non-hydrogen) atoms. The highest BCUT2D eigenvalue weighted by Gasteiger charge is 2.24. The Balaban J connectivity index is 1.83. The molecule has 1 aliphatic rings. The summed E-state index contributed by atoms with van der Waals surface area (Å²) >= 11 is 2.06. The molecule has 0 N–H and O–H groups in total. The molecule has 1 fully saturated rings. The summed E-state index contributed by atoms with van der Waals surface area (Å²) in [7, 11) is 0. The van der Waals surface area contributed by atoms with Gasteiger partial charge in [-0.3, -0.25) is 9.69 Å². The molecule has 1 heterocycles. The van der Waals surface area contributed by atoms with Crippen LogP contribution in [0.5, 0.6) is 0 Å². The summed E-state index contributed by atoms with van der Waals surface area (Å²) in [5.41, 5.74) is 0. The molecule has 0 atom stereocenters. The van der Waals surface area contributed by atoms with E-state index in [0.29, 0.717) is 33.0 Å². The second-order valence-corrected chi connectivity index (χ2v) is 7.98. The molecule has 0 aliphatic carbocycles. The molecule has 0 aromatic carbocycles. The fourth-order valence-corrected chi connectivity index (χ4v) is 1.86. The Kier molecular flexibility index (Phi) is 9.74. The monoisotopic (exact) mass is 415 g/mol. The molecular formula is C14H26INO5. The van der Waals surface area contributed by atoms with E-state index in [1.54, 1.807) is 0 Å². The lowest BCUT2D eigenvalue weighted by Crippen LogP contribution is -2.38. The summed E-state index contributed by atoms with van der Waals surface area (Å²) in [4.78, 5) is 13.8. The van der Waals surface area contributed by atoms with Gasteiger partial charge in [0, 0.05) is 19.6 Å². The number of esters is 1. The van der Waals surface area contributed by atoms with Gasteiger partial charge in [0.1, 0.15) is 10.0 Å². The van der Waals surface area contributed by atoms with Crippen molar-refractivity contribution >= 4 is 28.6 Å². The zero-order valence-electron chi connectivity index (χ0n) is 12.9. The minimum Gasteiger partial charge on any atom is -0.462 e. The molecule has 0 radical (unpaired) electrons. The van der Waals surface area contributed by atoms with Crippen molar-refractivity contribution in [2.45, 2.75) is 17.3 Å². The van der Waals surface area contributed by atoms with Crippen LogP contribution in [0.2, 0.25) is 0 Å². The summed E-state index contributed by atoms with van der Waals surface area (Å²) in [6, 6.07) is 0. The summed E-state index contributed by atoms with van der Waals surface area (Å²) < 4.78 is 20.7. The lowest BCUT2D eigenvalue weighted by atomic mass is 10.2. The number of carbonyl (C=O) groups excluding carboxylic acids is 1. The largest absolute Gasteiger partial charge is 0.462 e. The summed E-state index contributed by atoms with van der Waals surface area (Å²) in [5.74, 6) is -0.214. The molecule has 124 valence electrons. The first kappa shape index (κ1) is 19.1. The third kappa shape index (κ3) is 9.62. The number of halogens is 1. The van der Waals surface area contributed by atoms with Crippen molar-refractivity contribution in [2.75, 3.05) is 65.9 Å². The van der Waals surface area contributed by atoms with Gasteiger partial charge in [-0.15, -0.1) is 0 Å². The summed E-state index contributed by atoms with van der Waals surface area (Å²) in [5, 5.41) is 0. The van der Waals surface area contributed by atoms with Crippen LogP contribution in [-0.2, 0) is 23.7 Å². The van der Waals surface area contributed by atoms with Gasteiger partial charge in [-0.05, 0) is 13.8 Å². The molecule has 6 nitrogen and oxygen atoms in total. The van der Waals surface area contributed by atoms with E-state index in [0.717, 1.165) is 32.8 Å². The Morgan fingerprint density at radius 2 is 1.67 bits per heavy atom. The van der Waals surface area contributed by atoms with Crippen molar-refractivity contribution in [1.82, 2.24) is 4.90 Å². The van der Waals surface area contributed by atoms with Gasteiger partial charge in [0.05, 0.1) is 39.6 Å². The maximum Gasteiger partial charge on any atom is 0.321 e. The third-order valence-electron chi connectivity index (χ3n) is 2.97. The minimum absolute atomic E-state index is 0.214. The number of nitrogens with zero attached hydrogens (tertiary/aromatic N) is 1. The van der Waals surface area contributed by atoms with Gasteiger partial charge in [0.2, 0.25) is 0 Å². The Morgan fingerprint density at radius 3 is 2.29 bits per heavy atom. The van der Waals surface area contributed by atoms with Gasteiger partial charge in [-0.25, -0.2) is 0 Å². The molecule has 0 aromatic rings. The van der Waals surface area contributed by atoms with Crippen molar-refractivity contribution in [1.29, 1.82) is 0 Å². The van der Waals surface area contributed by atoms with Gasteiger partial charge < -0.3 is 18.9 Å². The third-order valence-corrected chi connectivity index (χ3v) is 3.41. The van der Waals surface area contributed by atoms with Crippen LogP contribution in [0.4, 0.5) is 0 Å². The lowest BCUT2D eigenvalue weighted by molar-refractivity contribution is -0.146. The van der Waals surface area contributed by atoms with E-state index in [9.17, 15) is 4.79 Å². The highest BCUT2D eigenvalue weighted by molar-refractivity contribution is 14.1. The molecule has 0 saturated carbocycles. The highest BCUT2D eigenvalue weighted by atomic mass is 127. The van der Waals surface area contributed by atoms with Crippen molar-refractivity contribution in [3.8, 4) is 0 Å². The van der Waals surface area contributed by atoms with Crippen molar-refractivity contribution in [2.24, 2.45) is 0 Å². The predicted molar refractivity (Wildman–Crippen MR) is 88.0 cm³/mol. The van der Waals surface area contributed by atoms with Crippen LogP contribution in [0, 0.1) is 0 Å². The molecule has 0 bridgehead atoms. The fraction of sp³-hybridized carbons (Fsp3) is 0.929. The quantitative estimate of drug-likeness (QED) is 0.231. The smallest absolute Gasteiger partial charge is 0.321 e. The molecule has 0 spiro atoms. The predicted octanol–water partition coefficient (Wildman–Crippen LogP) is 1.11. The average Bonchev–Trinajstić information content (AvgIpc) is 2.45. The Labute approximate surface area is 140 Å². The second kappa shape index (κ2) is 10.7. The van der Waals surface area contributed by atoms with Crippen LogP contribution in [0.25, 0.3) is 0 Å². The molecule has 1 saturated heterocycles. The Morgan fingerprint density at radius 1 is 1.10 bits per heavy atom. The fourth-order valence-electron chi connectivity index (χ4n) is 1.71. The normalized spacial score (nSPS) is 16.9. The number of hydrogen-bond donors (Lipinski definition) is 0. The van der Waals surface area contributed by atoms with Gasteiger partial charge in [-0.2, -0.15) is 0 Å². The van der Waals surface area contributed by atoms with Crippen LogP contribution in [0.15, 0.2) is 0 Å². The average molecular weight is 415 g/mol. The molecule has 1 aliphatic heterocycles. The van der Waals surface area contributed by atoms with Crippen LogP contribution in [-0.4, -0.2) is 80.2 Å². The SMILES string of the molecule is CC(C)(I)C(=O)OCCOCCOCCN1CCOCC1. The van der Waals surface area contributed by atoms with Crippen LogP contribution in [0.3, 0.4) is 0 Å². The summed E-state index contributed by atoms with van der Waals surface area (Å²) in [6.45, 7) is 10.7. The Hall–Kier alpha value is 0.0400. The summed E-state index contributed by atoms with van der Waals surface area (Å²) in [6.07, 6.45) is 0. The lowest BCUT2D eigenvalue weighted by Gasteiger charge is -2.26. The number of ether oxygens (including phenoxy) is 4. The number of morpholine rings is 1. The van der Waals surface area contributed by atoms with Gasteiger partial charge >= 0.3 is 5.97 Å². The number of hydrogen-bond acceptors (Lipinski definition) is 6. The van der Waals surface area contributed by atoms with E-state index in [4.69, 9.17) is 18.9 Å². The van der Waals surface area contributed by atoms with Gasteiger partial charge in [-0.1, -0.05) is 22.6 Å². The maximum atomic E-state index is 11.5. The number of alkyl halides is 1. The van der Waals surface area contributed by atoms with Gasteiger partial charge in [0.25, 0.3) is 0 Å². The Bertz CT molecular complexity index is 290. The molecular weight excluding hydrogens is 389 g/mol. The second-order valence-electron chi connectivity index (χ2n) is 5.29. The van der Waals surface area contributed by atoms with Crippen molar-refractivity contribution in [3.63, 3.8) is 0 Å². The molecule has 1 rings (SSSR count). The topological polar surface area (TPSA) is 57.2 Å². The number of rotatable bonds is 10. The van der Waals surface area contributed by atoms with Crippen molar-refractivity contribution in [3.05, 3.63) is 0 Å². The number of carbonyl (C=O) groups is 1.